The van der Waals surface area contributed by atoms with Crippen molar-refractivity contribution in [1.82, 2.24) is 4.90 Å². The Kier molecular flexibility index (Phi) is 5.02. The fourth-order valence-corrected chi connectivity index (χ4v) is 5.02. The first-order valence-electron chi connectivity index (χ1n) is 9.88. The van der Waals surface area contributed by atoms with Crippen LogP contribution in [-0.4, -0.2) is 41.3 Å². The van der Waals surface area contributed by atoms with Crippen molar-refractivity contribution < 1.29 is 19.1 Å². The summed E-state index contributed by atoms with van der Waals surface area (Å²) in [5.41, 5.74) is -0.377. The van der Waals surface area contributed by atoms with Gasteiger partial charge in [-0.1, -0.05) is 13.0 Å². The van der Waals surface area contributed by atoms with Crippen LogP contribution in [0, 0.1) is 17.3 Å². The first kappa shape index (κ1) is 19.1. The second-order valence-corrected chi connectivity index (χ2v) is 9.24. The molecule has 0 aromatic carbocycles. The second kappa shape index (κ2) is 6.82. The molecule has 2 fully saturated rings. The average Bonchev–Trinajstić information content (AvgIpc) is 2.81. The number of carbonyl (C=O) groups excluding carboxylic acids is 3. The zero-order valence-electron chi connectivity index (χ0n) is 16.5. The molecular weight excluding hydrogens is 330 g/mol. The van der Waals surface area contributed by atoms with E-state index < -0.39 is 11.0 Å². The van der Waals surface area contributed by atoms with Gasteiger partial charge in [-0.25, -0.2) is 4.79 Å². The fraction of sp³-hybridized carbons (Fsp3) is 0.762. The van der Waals surface area contributed by atoms with Gasteiger partial charge in [-0.15, -0.1) is 0 Å². The highest BCUT2D eigenvalue weighted by molar-refractivity contribution is 6.08. The van der Waals surface area contributed by atoms with Crippen LogP contribution in [0.5, 0.6) is 0 Å². The molecule has 3 atom stereocenters. The van der Waals surface area contributed by atoms with Gasteiger partial charge >= 0.3 is 6.09 Å². The number of amides is 1. The molecule has 0 unspecified atom stereocenters. The normalized spacial score (nSPS) is 34.8. The molecule has 3 aliphatic rings. The summed E-state index contributed by atoms with van der Waals surface area (Å²) in [7, 11) is 0. The van der Waals surface area contributed by atoms with E-state index in [0.717, 1.165) is 18.4 Å². The SMILES string of the molecule is C[C@H]1CC(=O)[C@]23CCCN(C(=O)OC(C)(C)C)CC/C=C\2C(=O)C[C@@H]3C1. The summed E-state index contributed by atoms with van der Waals surface area (Å²) in [5, 5.41) is 0. The summed E-state index contributed by atoms with van der Waals surface area (Å²) in [5.74, 6) is 0.883. The molecule has 144 valence electrons. The average molecular weight is 361 g/mol. The summed E-state index contributed by atoms with van der Waals surface area (Å²) >= 11 is 0. The first-order chi connectivity index (χ1) is 12.1. The highest BCUT2D eigenvalue weighted by atomic mass is 16.6. The number of allylic oxidation sites excluding steroid dienone is 1. The van der Waals surface area contributed by atoms with Crippen LogP contribution >= 0.6 is 0 Å². The summed E-state index contributed by atoms with van der Waals surface area (Å²) in [4.78, 5) is 39.9. The van der Waals surface area contributed by atoms with Gasteiger partial charge in [0.15, 0.2) is 5.78 Å². The van der Waals surface area contributed by atoms with E-state index in [2.05, 4.69) is 6.92 Å². The lowest BCUT2D eigenvalue weighted by Gasteiger charge is -2.41. The van der Waals surface area contributed by atoms with Crippen LogP contribution in [0.3, 0.4) is 0 Å². The molecule has 1 heterocycles. The molecule has 2 saturated carbocycles. The monoisotopic (exact) mass is 361 g/mol. The molecule has 26 heavy (non-hydrogen) atoms. The Hall–Kier alpha value is -1.65. The van der Waals surface area contributed by atoms with Crippen molar-refractivity contribution in [3.63, 3.8) is 0 Å². The molecule has 0 bridgehead atoms. The molecule has 0 N–H and O–H groups in total. The number of ether oxygens (including phenoxy) is 1. The molecule has 1 spiro atoms. The standard InChI is InChI=1S/C21H31NO4/c1-14-11-15-13-17(23)16-7-5-9-22(19(25)26-20(2,3)4)10-6-8-21(15,16)18(24)12-14/h7,14-15H,5-6,8-13H2,1-4H3/b16-7-/t14-,15+,21+/m1/s1. The molecule has 0 aromatic heterocycles. The minimum atomic E-state index is -0.590. The van der Waals surface area contributed by atoms with E-state index in [9.17, 15) is 14.4 Å². The van der Waals surface area contributed by atoms with Crippen molar-refractivity contribution in [1.29, 1.82) is 0 Å². The van der Waals surface area contributed by atoms with Gasteiger partial charge in [0.25, 0.3) is 0 Å². The van der Waals surface area contributed by atoms with Crippen molar-refractivity contribution in [2.24, 2.45) is 17.3 Å². The third-order valence-corrected chi connectivity index (χ3v) is 6.03. The Morgan fingerprint density at radius 3 is 2.65 bits per heavy atom. The van der Waals surface area contributed by atoms with Gasteiger partial charge in [0.05, 0.1) is 5.41 Å². The molecule has 5 heteroatoms. The number of Topliss-reactive ketones (excluding diaryl/α,β-unsaturated/α-hetero) is 2. The number of hydrogen-bond donors (Lipinski definition) is 0. The molecule has 1 aliphatic heterocycles. The van der Waals surface area contributed by atoms with E-state index in [0.29, 0.717) is 44.7 Å². The van der Waals surface area contributed by atoms with Gasteiger partial charge in [0.1, 0.15) is 11.4 Å². The fourth-order valence-electron chi connectivity index (χ4n) is 5.02. The Labute approximate surface area is 156 Å². The molecule has 0 radical (unpaired) electrons. The zero-order valence-corrected chi connectivity index (χ0v) is 16.5. The summed E-state index contributed by atoms with van der Waals surface area (Å²) < 4.78 is 5.50. The molecule has 3 rings (SSSR count). The number of nitrogens with zero attached hydrogens (tertiary/aromatic N) is 1. The number of ketones is 2. The van der Waals surface area contributed by atoms with Crippen LogP contribution in [0.25, 0.3) is 0 Å². The van der Waals surface area contributed by atoms with Gasteiger partial charge in [-0.2, -0.15) is 0 Å². The number of carbonyl (C=O) groups is 3. The van der Waals surface area contributed by atoms with Crippen LogP contribution in [-0.2, 0) is 14.3 Å². The Balaban J connectivity index is 1.83. The van der Waals surface area contributed by atoms with Crippen LogP contribution in [0.15, 0.2) is 11.6 Å². The maximum Gasteiger partial charge on any atom is 0.410 e. The number of rotatable bonds is 0. The van der Waals surface area contributed by atoms with E-state index >= 15 is 0 Å². The zero-order chi connectivity index (χ0) is 19.1. The topological polar surface area (TPSA) is 63.7 Å². The highest BCUT2D eigenvalue weighted by Gasteiger charge is 2.57. The summed E-state index contributed by atoms with van der Waals surface area (Å²) in [6.45, 7) is 8.78. The lowest BCUT2D eigenvalue weighted by molar-refractivity contribution is -0.133. The Morgan fingerprint density at radius 1 is 1.23 bits per heavy atom. The predicted molar refractivity (Wildman–Crippen MR) is 98.7 cm³/mol. The first-order valence-corrected chi connectivity index (χ1v) is 9.88. The smallest absolute Gasteiger partial charge is 0.410 e. The van der Waals surface area contributed by atoms with Crippen molar-refractivity contribution in [2.75, 3.05) is 13.1 Å². The van der Waals surface area contributed by atoms with Crippen molar-refractivity contribution >= 4 is 17.7 Å². The molecule has 1 amide bonds. The predicted octanol–water partition coefficient (Wildman–Crippen LogP) is 3.91. The Bertz CT molecular complexity index is 645. The van der Waals surface area contributed by atoms with E-state index in [1.807, 2.05) is 26.8 Å². The second-order valence-electron chi connectivity index (χ2n) is 9.24. The van der Waals surface area contributed by atoms with Crippen LogP contribution < -0.4 is 0 Å². The Morgan fingerprint density at radius 2 is 1.96 bits per heavy atom. The van der Waals surface area contributed by atoms with Gasteiger partial charge < -0.3 is 9.64 Å². The quantitative estimate of drug-likeness (QED) is 0.656. The molecule has 5 nitrogen and oxygen atoms in total. The third kappa shape index (κ3) is 3.45. The maximum absolute atomic E-state index is 13.1. The lowest BCUT2D eigenvalue weighted by Crippen LogP contribution is -2.43. The van der Waals surface area contributed by atoms with Crippen LogP contribution in [0.1, 0.15) is 66.2 Å². The van der Waals surface area contributed by atoms with E-state index in [4.69, 9.17) is 4.74 Å². The number of hydrogen-bond acceptors (Lipinski definition) is 4. The largest absolute Gasteiger partial charge is 0.444 e. The summed E-state index contributed by atoms with van der Waals surface area (Å²) in [6, 6.07) is 0. The van der Waals surface area contributed by atoms with Gasteiger partial charge in [0, 0.05) is 31.5 Å². The lowest BCUT2D eigenvalue weighted by atomic mass is 9.61. The highest BCUT2D eigenvalue weighted by Crippen LogP contribution is 2.56. The van der Waals surface area contributed by atoms with Crippen molar-refractivity contribution in [3.8, 4) is 0 Å². The summed E-state index contributed by atoms with van der Waals surface area (Å²) in [6.07, 6.45) is 5.64. The molecule has 0 saturated heterocycles. The third-order valence-electron chi connectivity index (χ3n) is 6.03. The van der Waals surface area contributed by atoms with Crippen molar-refractivity contribution in [3.05, 3.63) is 11.6 Å². The van der Waals surface area contributed by atoms with Crippen molar-refractivity contribution in [2.45, 2.75) is 71.8 Å². The minimum Gasteiger partial charge on any atom is -0.444 e. The van der Waals surface area contributed by atoms with E-state index in [1.54, 1.807) is 4.90 Å². The van der Waals surface area contributed by atoms with Crippen LogP contribution in [0.2, 0.25) is 0 Å². The molecule has 0 aromatic rings. The van der Waals surface area contributed by atoms with Gasteiger partial charge in [-0.05, 0) is 58.3 Å². The van der Waals surface area contributed by atoms with Gasteiger partial charge in [0.2, 0.25) is 0 Å². The van der Waals surface area contributed by atoms with Gasteiger partial charge in [-0.3, -0.25) is 9.59 Å². The minimum absolute atomic E-state index is 0.142. The van der Waals surface area contributed by atoms with Crippen LogP contribution in [0.4, 0.5) is 4.79 Å². The molecule has 2 aliphatic carbocycles. The van der Waals surface area contributed by atoms with E-state index in [1.165, 1.54) is 0 Å². The molecular formula is C21H31NO4. The maximum atomic E-state index is 13.1. The van der Waals surface area contributed by atoms with E-state index in [-0.39, 0.29) is 23.6 Å².